The second-order valence-corrected chi connectivity index (χ2v) is 5.69. The van der Waals surface area contributed by atoms with Crippen LogP contribution in [0, 0.1) is 6.92 Å². The third-order valence-electron chi connectivity index (χ3n) is 3.74. The predicted octanol–water partition coefficient (Wildman–Crippen LogP) is 2.04. The van der Waals surface area contributed by atoms with Crippen LogP contribution in [0.15, 0.2) is 47.1 Å². The minimum Gasteiger partial charge on any atom is -0.481 e. The Bertz CT molecular complexity index is 755. The first-order valence-electron chi connectivity index (χ1n) is 7.80. The van der Waals surface area contributed by atoms with E-state index in [1.165, 1.54) is 19.3 Å². The van der Waals surface area contributed by atoms with Gasteiger partial charge in [0, 0.05) is 0 Å². The molecule has 3 N–H and O–H groups in total. The summed E-state index contributed by atoms with van der Waals surface area (Å²) in [5.74, 6) is -1.92. The molecule has 2 unspecified atom stereocenters. The molecule has 0 aliphatic rings. The van der Waals surface area contributed by atoms with Gasteiger partial charge in [-0.1, -0.05) is 24.3 Å². The Kier molecular flexibility index (Phi) is 5.94. The van der Waals surface area contributed by atoms with Crippen LogP contribution in [0.3, 0.4) is 0 Å². The highest BCUT2D eigenvalue weighted by Crippen LogP contribution is 2.20. The van der Waals surface area contributed by atoms with Crippen LogP contribution in [-0.4, -0.2) is 28.9 Å². The van der Waals surface area contributed by atoms with Gasteiger partial charge in [-0.3, -0.25) is 14.4 Å². The van der Waals surface area contributed by atoms with Gasteiger partial charge in [0.05, 0.1) is 18.7 Å². The maximum Gasteiger partial charge on any atom is 0.305 e. The summed E-state index contributed by atoms with van der Waals surface area (Å²) in [6.07, 6.45) is 1.11. The number of nitrogens with one attached hydrogen (secondary N) is 2. The van der Waals surface area contributed by atoms with Crippen molar-refractivity contribution in [2.75, 3.05) is 0 Å². The number of carboxylic acids is 1. The summed E-state index contributed by atoms with van der Waals surface area (Å²) in [4.78, 5) is 35.5. The van der Waals surface area contributed by atoms with Crippen molar-refractivity contribution >= 4 is 17.8 Å². The molecule has 0 saturated heterocycles. The van der Waals surface area contributed by atoms with Gasteiger partial charge in [-0.2, -0.15) is 0 Å². The van der Waals surface area contributed by atoms with Crippen LogP contribution >= 0.6 is 0 Å². The van der Waals surface area contributed by atoms with E-state index in [2.05, 4.69) is 10.6 Å². The molecule has 2 amide bonds. The fraction of sp³-hybridized carbons (Fsp3) is 0.278. The van der Waals surface area contributed by atoms with Crippen molar-refractivity contribution in [3.63, 3.8) is 0 Å². The van der Waals surface area contributed by atoms with E-state index in [-0.39, 0.29) is 12.2 Å². The molecule has 1 heterocycles. The molecule has 132 valence electrons. The number of hydrogen-bond acceptors (Lipinski definition) is 4. The number of rotatable bonds is 7. The van der Waals surface area contributed by atoms with Gasteiger partial charge < -0.3 is 20.2 Å². The summed E-state index contributed by atoms with van der Waals surface area (Å²) < 4.78 is 4.97. The average Bonchev–Trinajstić information content (AvgIpc) is 3.08. The minimum absolute atomic E-state index is 0.0978. The average molecular weight is 344 g/mol. The number of aliphatic carboxylic acids is 1. The molecule has 0 bridgehead atoms. The van der Waals surface area contributed by atoms with Crippen LogP contribution in [0.25, 0.3) is 0 Å². The van der Waals surface area contributed by atoms with E-state index in [0.717, 1.165) is 11.1 Å². The molecule has 25 heavy (non-hydrogen) atoms. The monoisotopic (exact) mass is 344 g/mol. The molecule has 7 nitrogen and oxygen atoms in total. The van der Waals surface area contributed by atoms with Gasteiger partial charge in [0.1, 0.15) is 6.04 Å². The van der Waals surface area contributed by atoms with E-state index < -0.39 is 29.9 Å². The van der Waals surface area contributed by atoms with Crippen molar-refractivity contribution in [2.45, 2.75) is 32.4 Å². The van der Waals surface area contributed by atoms with E-state index >= 15 is 0 Å². The zero-order valence-electron chi connectivity index (χ0n) is 14.0. The van der Waals surface area contributed by atoms with Crippen molar-refractivity contribution in [1.29, 1.82) is 0 Å². The molecule has 1 aromatic heterocycles. The molecule has 7 heteroatoms. The Morgan fingerprint density at radius 2 is 1.84 bits per heavy atom. The van der Waals surface area contributed by atoms with Gasteiger partial charge in [0.2, 0.25) is 5.91 Å². The van der Waals surface area contributed by atoms with Crippen LogP contribution in [0.5, 0.6) is 0 Å². The second-order valence-electron chi connectivity index (χ2n) is 5.69. The van der Waals surface area contributed by atoms with Crippen LogP contribution in [0.4, 0.5) is 0 Å². The third-order valence-corrected chi connectivity index (χ3v) is 3.74. The molecule has 0 spiro atoms. The second kappa shape index (κ2) is 8.14. The number of carboxylic acid groups (broad SMARTS) is 1. The minimum atomic E-state index is -1.03. The highest BCUT2D eigenvalue weighted by Gasteiger charge is 2.24. The number of carbonyl (C=O) groups excluding carboxylic acids is 2. The largest absolute Gasteiger partial charge is 0.481 e. The highest BCUT2D eigenvalue weighted by atomic mass is 16.4. The third kappa shape index (κ3) is 4.94. The molecule has 0 saturated carbocycles. The lowest BCUT2D eigenvalue weighted by Crippen LogP contribution is -2.46. The number of carbonyl (C=O) groups is 3. The Hall–Kier alpha value is -3.09. The van der Waals surface area contributed by atoms with Gasteiger partial charge >= 0.3 is 5.97 Å². The van der Waals surface area contributed by atoms with E-state index in [0.29, 0.717) is 0 Å². The maximum absolute atomic E-state index is 12.4. The smallest absolute Gasteiger partial charge is 0.305 e. The van der Waals surface area contributed by atoms with Crippen LogP contribution in [0.2, 0.25) is 0 Å². The van der Waals surface area contributed by atoms with Crippen molar-refractivity contribution in [3.8, 4) is 0 Å². The van der Waals surface area contributed by atoms with E-state index in [4.69, 9.17) is 9.52 Å². The molecule has 2 rings (SSSR count). The van der Waals surface area contributed by atoms with Crippen LogP contribution < -0.4 is 10.6 Å². The lowest BCUT2D eigenvalue weighted by atomic mass is 9.98. The summed E-state index contributed by atoms with van der Waals surface area (Å²) in [6, 6.07) is 8.76. The first-order valence-corrected chi connectivity index (χ1v) is 7.80. The molecule has 2 aromatic rings. The zero-order chi connectivity index (χ0) is 18.4. The van der Waals surface area contributed by atoms with Gasteiger partial charge in [-0.05, 0) is 37.1 Å². The fourth-order valence-corrected chi connectivity index (χ4v) is 2.43. The number of benzene rings is 1. The van der Waals surface area contributed by atoms with Gasteiger partial charge in [0.25, 0.3) is 5.91 Å². The maximum atomic E-state index is 12.4. The summed E-state index contributed by atoms with van der Waals surface area (Å²) in [5.41, 5.74) is 1.60. The lowest BCUT2D eigenvalue weighted by Gasteiger charge is -2.22. The molecule has 0 radical (unpaired) electrons. The fourth-order valence-electron chi connectivity index (χ4n) is 2.43. The van der Waals surface area contributed by atoms with Gasteiger partial charge in [0.15, 0.2) is 5.76 Å². The SMILES string of the molecule is Cc1ccccc1C(CC(=O)O)NC(=O)C(C)NC(=O)c1ccco1. The molecule has 0 aliphatic heterocycles. The normalized spacial score (nSPS) is 12.9. The van der Waals surface area contributed by atoms with E-state index in [1.54, 1.807) is 18.2 Å². The molecular formula is C18H20N2O5. The highest BCUT2D eigenvalue weighted by molar-refractivity contribution is 5.95. The number of hydrogen-bond donors (Lipinski definition) is 3. The first kappa shape index (κ1) is 18.3. The lowest BCUT2D eigenvalue weighted by molar-refractivity contribution is -0.137. The van der Waals surface area contributed by atoms with E-state index in [9.17, 15) is 14.4 Å². The number of aryl methyl sites for hydroxylation is 1. The van der Waals surface area contributed by atoms with Crippen molar-refractivity contribution < 1.29 is 23.9 Å². The summed E-state index contributed by atoms with van der Waals surface area (Å²) in [7, 11) is 0. The number of furan rings is 1. The Labute approximate surface area is 145 Å². The van der Waals surface area contributed by atoms with Crippen molar-refractivity contribution in [2.24, 2.45) is 0 Å². The predicted molar refractivity (Wildman–Crippen MR) is 90.0 cm³/mol. The van der Waals surface area contributed by atoms with Crippen molar-refractivity contribution in [3.05, 3.63) is 59.5 Å². The van der Waals surface area contributed by atoms with Crippen molar-refractivity contribution in [1.82, 2.24) is 10.6 Å². The standard InChI is InChI=1S/C18H20N2O5/c1-11-6-3-4-7-13(11)14(10-16(21)22)20-17(23)12(2)19-18(24)15-8-5-9-25-15/h3-9,12,14H,10H2,1-2H3,(H,19,24)(H,20,23)(H,21,22). The van der Waals surface area contributed by atoms with E-state index in [1.807, 2.05) is 19.1 Å². The molecule has 0 aliphatic carbocycles. The summed E-state index contributed by atoms with van der Waals surface area (Å²) >= 11 is 0. The van der Waals surface area contributed by atoms with Crippen LogP contribution in [-0.2, 0) is 9.59 Å². The summed E-state index contributed by atoms with van der Waals surface area (Å²) in [6.45, 7) is 3.37. The number of amides is 2. The Morgan fingerprint density at radius 3 is 2.44 bits per heavy atom. The van der Waals surface area contributed by atoms with Gasteiger partial charge in [-0.15, -0.1) is 0 Å². The first-order chi connectivity index (χ1) is 11.9. The zero-order valence-corrected chi connectivity index (χ0v) is 14.0. The molecular weight excluding hydrogens is 324 g/mol. The Balaban J connectivity index is 2.07. The molecule has 0 fully saturated rings. The Morgan fingerprint density at radius 1 is 1.12 bits per heavy atom. The van der Waals surface area contributed by atoms with Gasteiger partial charge in [-0.25, -0.2) is 0 Å². The summed E-state index contributed by atoms with van der Waals surface area (Å²) in [5, 5.41) is 14.3. The molecule has 2 atom stereocenters. The molecule has 1 aromatic carbocycles. The quantitative estimate of drug-likeness (QED) is 0.712. The van der Waals surface area contributed by atoms with Crippen LogP contribution in [0.1, 0.15) is 41.1 Å². The topological polar surface area (TPSA) is 109 Å².